The Balaban J connectivity index is 2.64. The van der Waals surface area contributed by atoms with E-state index in [-0.39, 0.29) is 6.17 Å². The Hall–Kier alpha value is -1.05. The summed E-state index contributed by atoms with van der Waals surface area (Å²) in [7, 11) is 0. The van der Waals surface area contributed by atoms with Crippen LogP contribution in [0.4, 0.5) is 0 Å². The summed E-state index contributed by atoms with van der Waals surface area (Å²) in [6.45, 7) is 10.4. The van der Waals surface area contributed by atoms with Crippen molar-refractivity contribution in [3.8, 4) is 0 Å². The van der Waals surface area contributed by atoms with E-state index in [1.54, 1.807) is 0 Å². The molecule has 0 aromatic heterocycles. The van der Waals surface area contributed by atoms with Crippen molar-refractivity contribution in [1.29, 1.82) is 0 Å². The Morgan fingerprint density at radius 1 is 1.90 bits per heavy atom. The molecule has 0 fully saturated rings. The van der Waals surface area contributed by atoms with Crippen LogP contribution in [0.25, 0.3) is 0 Å². The van der Waals surface area contributed by atoms with E-state index in [2.05, 4.69) is 23.1 Å². The summed E-state index contributed by atoms with van der Waals surface area (Å²) in [6, 6.07) is 0. The van der Waals surface area contributed by atoms with E-state index in [0.717, 1.165) is 12.2 Å². The minimum Gasteiger partial charge on any atom is -0.346 e. The van der Waals surface area contributed by atoms with Crippen molar-refractivity contribution in [2.24, 2.45) is 4.99 Å². The van der Waals surface area contributed by atoms with Gasteiger partial charge in [0.2, 0.25) is 0 Å². The van der Waals surface area contributed by atoms with Gasteiger partial charge in [0.05, 0.1) is 6.54 Å². The first-order valence-corrected chi connectivity index (χ1v) is 3.32. The van der Waals surface area contributed by atoms with Crippen LogP contribution in [0.1, 0.15) is 6.92 Å². The van der Waals surface area contributed by atoms with Crippen molar-refractivity contribution in [2.45, 2.75) is 13.1 Å². The first-order chi connectivity index (χ1) is 4.75. The first kappa shape index (κ1) is 7.06. The lowest BCUT2D eigenvalue weighted by Crippen LogP contribution is -2.26. The standard InChI is InChI=1S/C8H12N2/c1-4-8-9-5-6-10(8)7(2)3/h4-5,8H,1-2,6H2,3H3. The van der Waals surface area contributed by atoms with Gasteiger partial charge < -0.3 is 4.90 Å². The van der Waals surface area contributed by atoms with Gasteiger partial charge in [0.15, 0.2) is 0 Å². The van der Waals surface area contributed by atoms with E-state index in [1.807, 2.05) is 19.2 Å². The maximum absolute atomic E-state index is 4.18. The molecule has 0 amide bonds. The van der Waals surface area contributed by atoms with Crippen LogP contribution >= 0.6 is 0 Å². The number of rotatable bonds is 2. The van der Waals surface area contributed by atoms with Gasteiger partial charge >= 0.3 is 0 Å². The largest absolute Gasteiger partial charge is 0.346 e. The molecule has 2 heteroatoms. The number of aliphatic imine (C=N–C) groups is 1. The second-order valence-corrected chi connectivity index (χ2v) is 2.37. The van der Waals surface area contributed by atoms with Crippen molar-refractivity contribution in [2.75, 3.05) is 6.54 Å². The second-order valence-electron chi connectivity index (χ2n) is 2.37. The summed E-state index contributed by atoms with van der Waals surface area (Å²) in [5.74, 6) is 0. The van der Waals surface area contributed by atoms with E-state index in [9.17, 15) is 0 Å². The molecule has 1 rings (SSSR count). The lowest BCUT2D eigenvalue weighted by Gasteiger charge is -2.21. The molecule has 1 heterocycles. The van der Waals surface area contributed by atoms with Gasteiger partial charge in [-0.3, -0.25) is 4.99 Å². The number of hydrogen-bond donors (Lipinski definition) is 0. The fraction of sp³-hybridized carbons (Fsp3) is 0.375. The molecule has 1 aliphatic heterocycles. The van der Waals surface area contributed by atoms with Crippen LogP contribution in [0, 0.1) is 0 Å². The molecule has 0 saturated heterocycles. The van der Waals surface area contributed by atoms with Gasteiger partial charge in [-0.05, 0) is 13.0 Å². The van der Waals surface area contributed by atoms with Crippen molar-refractivity contribution >= 4 is 6.21 Å². The molecular formula is C8H12N2. The first-order valence-electron chi connectivity index (χ1n) is 3.32. The summed E-state index contributed by atoms with van der Waals surface area (Å²) in [4.78, 5) is 6.27. The normalized spacial score (nSPS) is 23.3. The Morgan fingerprint density at radius 2 is 2.60 bits per heavy atom. The average molecular weight is 136 g/mol. The Bertz CT molecular complexity index is 182. The van der Waals surface area contributed by atoms with Gasteiger partial charge in [-0.25, -0.2) is 0 Å². The predicted octanol–water partition coefficient (Wildman–Crippen LogP) is 1.42. The van der Waals surface area contributed by atoms with Crippen LogP contribution in [0.3, 0.4) is 0 Å². The van der Waals surface area contributed by atoms with Crippen LogP contribution in [0.5, 0.6) is 0 Å². The maximum atomic E-state index is 4.18. The van der Waals surface area contributed by atoms with Crippen LogP contribution in [-0.4, -0.2) is 23.8 Å². The summed E-state index contributed by atoms with van der Waals surface area (Å²) >= 11 is 0. The molecule has 10 heavy (non-hydrogen) atoms. The van der Waals surface area contributed by atoms with Crippen LogP contribution < -0.4 is 0 Å². The summed E-state index contributed by atoms with van der Waals surface area (Å²) in [6.07, 6.45) is 3.83. The van der Waals surface area contributed by atoms with Crippen molar-refractivity contribution < 1.29 is 0 Å². The highest BCUT2D eigenvalue weighted by Gasteiger charge is 2.15. The Kier molecular flexibility index (Phi) is 1.90. The highest BCUT2D eigenvalue weighted by atomic mass is 15.3. The molecule has 0 N–H and O–H groups in total. The molecule has 0 aromatic rings. The zero-order chi connectivity index (χ0) is 7.56. The van der Waals surface area contributed by atoms with Crippen molar-refractivity contribution in [3.05, 3.63) is 24.9 Å². The topological polar surface area (TPSA) is 15.6 Å². The molecule has 0 spiro atoms. The van der Waals surface area contributed by atoms with Gasteiger partial charge in [-0.2, -0.15) is 0 Å². The number of hydrogen-bond acceptors (Lipinski definition) is 2. The summed E-state index contributed by atoms with van der Waals surface area (Å²) < 4.78 is 0. The quantitative estimate of drug-likeness (QED) is 0.524. The lowest BCUT2D eigenvalue weighted by molar-refractivity contribution is 0.367. The third kappa shape index (κ3) is 1.10. The van der Waals surface area contributed by atoms with Crippen LogP contribution in [0.15, 0.2) is 29.9 Å². The Labute approximate surface area is 61.6 Å². The van der Waals surface area contributed by atoms with Crippen molar-refractivity contribution in [3.63, 3.8) is 0 Å². The molecule has 0 saturated carbocycles. The third-order valence-corrected chi connectivity index (χ3v) is 1.56. The smallest absolute Gasteiger partial charge is 0.139 e. The zero-order valence-corrected chi connectivity index (χ0v) is 6.25. The van der Waals surface area contributed by atoms with Gasteiger partial charge in [0.25, 0.3) is 0 Å². The Morgan fingerprint density at radius 3 is 3.00 bits per heavy atom. The summed E-state index contributed by atoms with van der Waals surface area (Å²) in [5.41, 5.74) is 1.04. The summed E-state index contributed by atoms with van der Waals surface area (Å²) in [5, 5.41) is 0. The van der Waals surface area contributed by atoms with Gasteiger partial charge in [0.1, 0.15) is 6.17 Å². The maximum Gasteiger partial charge on any atom is 0.139 e. The molecule has 0 bridgehead atoms. The van der Waals surface area contributed by atoms with Gasteiger partial charge in [-0.1, -0.05) is 13.2 Å². The van der Waals surface area contributed by atoms with E-state index in [0.29, 0.717) is 0 Å². The van der Waals surface area contributed by atoms with Gasteiger partial charge in [0, 0.05) is 11.9 Å². The van der Waals surface area contributed by atoms with Crippen molar-refractivity contribution in [1.82, 2.24) is 4.90 Å². The monoisotopic (exact) mass is 136 g/mol. The average Bonchev–Trinajstić information content (AvgIpc) is 2.33. The molecular weight excluding hydrogens is 124 g/mol. The third-order valence-electron chi connectivity index (χ3n) is 1.56. The lowest BCUT2D eigenvalue weighted by atomic mass is 10.4. The molecule has 2 nitrogen and oxygen atoms in total. The molecule has 1 atom stereocenters. The fourth-order valence-corrected chi connectivity index (χ4v) is 1.00. The highest BCUT2D eigenvalue weighted by molar-refractivity contribution is 5.63. The zero-order valence-electron chi connectivity index (χ0n) is 6.25. The molecule has 0 radical (unpaired) electrons. The van der Waals surface area contributed by atoms with E-state index >= 15 is 0 Å². The predicted molar refractivity (Wildman–Crippen MR) is 44.0 cm³/mol. The molecule has 1 unspecified atom stereocenters. The molecule has 1 aliphatic rings. The number of allylic oxidation sites excluding steroid dienone is 1. The minimum absolute atomic E-state index is 0.123. The van der Waals surface area contributed by atoms with E-state index in [1.165, 1.54) is 0 Å². The van der Waals surface area contributed by atoms with Crippen LogP contribution in [0.2, 0.25) is 0 Å². The molecule has 0 aliphatic carbocycles. The highest BCUT2D eigenvalue weighted by Crippen LogP contribution is 2.12. The minimum atomic E-state index is 0.123. The number of nitrogens with zero attached hydrogens (tertiary/aromatic N) is 2. The van der Waals surface area contributed by atoms with Gasteiger partial charge in [-0.15, -0.1) is 0 Å². The fourth-order valence-electron chi connectivity index (χ4n) is 1.00. The van der Waals surface area contributed by atoms with E-state index < -0.39 is 0 Å². The molecule has 0 aromatic carbocycles. The van der Waals surface area contributed by atoms with Crippen LogP contribution in [-0.2, 0) is 0 Å². The second kappa shape index (κ2) is 2.69. The molecule has 54 valence electrons. The van der Waals surface area contributed by atoms with E-state index in [4.69, 9.17) is 0 Å². The SMILES string of the molecule is C=CC1N=CCN1C(=C)C.